The van der Waals surface area contributed by atoms with Gasteiger partial charge in [-0.1, -0.05) is 6.92 Å². The highest BCUT2D eigenvalue weighted by atomic mass is 16.5. The van der Waals surface area contributed by atoms with Crippen LogP contribution in [-0.2, 0) is 14.3 Å². The van der Waals surface area contributed by atoms with Crippen molar-refractivity contribution in [2.45, 2.75) is 26.4 Å². The average Bonchev–Trinajstić information content (AvgIpc) is 3.03. The summed E-state index contributed by atoms with van der Waals surface area (Å²) in [7, 11) is 1.38. The Kier molecular flexibility index (Phi) is 4.75. The summed E-state index contributed by atoms with van der Waals surface area (Å²) in [5.74, 6) is -0.355. The highest BCUT2D eigenvalue weighted by molar-refractivity contribution is 6.04. The van der Waals surface area contributed by atoms with Crippen LogP contribution in [0, 0.1) is 24.7 Å². The number of aryl methyl sites for hydroxylation is 1. The third kappa shape index (κ3) is 3.00. The largest absolute Gasteiger partial charge is 0.466 e. The van der Waals surface area contributed by atoms with Gasteiger partial charge in [0.05, 0.1) is 18.2 Å². The number of nitrogens with zero attached hydrogens (tertiary/aromatic N) is 2. The Balaban J connectivity index is 1.57. The predicted octanol–water partition coefficient (Wildman–Crippen LogP) is 2.40. The second-order valence-electron chi connectivity index (χ2n) is 7.49. The Morgan fingerprint density at radius 1 is 1.21 bits per heavy atom. The van der Waals surface area contributed by atoms with Crippen LogP contribution in [0.3, 0.4) is 0 Å². The van der Waals surface area contributed by atoms with E-state index in [4.69, 9.17) is 9.47 Å². The minimum atomic E-state index is -0.393. The summed E-state index contributed by atoms with van der Waals surface area (Å²) in [6, 6.07) is 1.81. The molecule has 0 spiro atoms. The van der Waals surface area contributed by atoms with Gasteiger partial charge in [0, 0.05) is 53.7 Å². The Labute approximate surface area is 163 Å². The lowest BCUT2D eigenvalue weighted by Crippen LogP contribution is -2.35. The van der Waals surface area contributed by atoms with Crippen LogP contribution in [0.2, 0.25) is 0 Å². The Bertz CT molecular complexity index is 971. The molecule has 2 aromatic heterocycles. The van der Waals surface area contributed by atoms with Gasteiger partial charge in [0.1, 0.15) is 6.10 Å². The van der Waals surface area contributed by atoms with Crippen molar-refractivity contribution in [3.8, 4) is 0 Å². The van der Waals surface area contributed by atoms with Crippen molar-refractivity contribution in [1.82, 2.24) is 15.3 Å². The van der Waals surface area contributed by atoms with Gasteiger partial charge < -0.3 is 14.8 Å². The second kappa shape index (κ2) is 7.22. The van der Waals surface area contributed by atoms with Crippen LogP contribution in [0.25, 0.3) is 10.8 Å². The van der Waals surface area contributed by atoms with Crippen molar-refractivity contribution in [3.63, 3.8) is 0 Å². The van der Waals surface area contributed by atoms with Gasteiger partial charge in [-0.2, -0.15) is 0 Å². The van der Waals surface area contributed by atoms with E-state index in [9.17, 15) is 9.59 Å². The lowest BCUT2D eigenvalue weighted by molar-refractivity contribution is -0.137. The van der Waals surface area contributed by atoms with Gasteiger partial charge in [-0.3, -0.25) is 9.97 Å². The fraction of sp³-hybridized carbons (Fsp3) is 0.429. The monoisotopic (exact) mass is 381 g/mol. The average molecular weight is 381 g/mol. The van der Waals surface area contributed by atoms with Crippen molar-refractivity contribution >= 4 is 22.7 Å². The third-order valence-corrected chi connectivity index (χ3v) is 6.06. The normalized spacial score (nSPS) is 26.2. The molecule has 1 aliphatic carbocycles. The van der Waals surface area contributed by atoms with Crippen LogP contribution in [0.15, 0.2) is 36.4 Å². The van der Waals surface area contributed by atoms with Crippen molar-refractivity contribution in [3.05, 3.63) is 47.7 Å². The van der Waals surface area contributed by atoms with Crippen molar-refractivity contribution in [2.24, 2.45) is 17.8 Å². The van der Waals surface area contributed by atoms with E-state index in [0.29, 0.717) is 17.6 Å². The molecule has 28 heavy (non-hydrogen) atoms. The lowest BCUT2D eigenvalue weighted by Gasteiger charge is -2.28. The van der Waals surface area contributed by atoms with E-state index in [1.807, 2.05) is 6.92 Å². The summed E-state index contributed by atoms with van der Waals surface area (Å²) >= 11 is 0. The summed E-state index contributed by atoms with van der Waals surface area (Å²) in [6.45, 7) is 4.71. The first-order chi connectivity index (χ1) is 13.5. The molecule has 4 rings (SSSR count). The van der Waals surface area contributed by atoms with E-state index >= 15 is 0 Å². The Hall–Kier alpha value is -2.96. The standard InChI is InChI=1S/C21H23N3O4/c1-11-15-7-23-9-17(20(25)27-3)14(15)6-19(11)28-21(26)18-10-24-12(2)16-8-22-5-4-13(16)18/h4-5,8-11,14-15,19,23H,6-7H2,1-3H3. The van der Waals surface area contributed by atoms with Gasteiger partial charge in [-0.25, -0.2) is 9.59 Å². The topological polar surface area (TPSA) is 90.4 Å². The Morgan fingerprint density at radius 3 is 2.82 bits per heavy atom. The minimum absolute atomic E-state index is 0.0265. The first-order valence-corrected chi connectivity index (χ1v) is 9.43. The van der Waals surface area contributed by atoms with Crippen molar-refractivity contribution < 1.29 is 19.1 Å². The quantitative estimate of drug-likeness (QED) is 0.817. The number of rotatable bonds is 3. The first-order valence-electron chi connectivity index (χ1n) is 9.43. The highest BCUT2D eigenvalue weighted by Gasteiger charge is 2.47. The number of ether oxygens (including phenoxy) is 2. The predicted molar refractivity (Wildman–Crippen MR) is 102 cm³/mol. The molecule has 4 atom stereocenters. The molecule has 4 unspecified atom stereocenters. The number of carbonyl (C=O) groups is 2. The number of hydrogen-bond donors (Lipinski definition) is 1. The summed E-state index contributed by atoms with van der Waals surface area (Å²) in [6.07, 6.45) is 7.00. The minimum Gasteiger partial charge on any atom is -0.466 e. The zero-order chi connectivity index (χ0) is 19.8. The molecule has 1 aliphatic heterocycles. The number of carbonyl (C=O) groups excluding carboxylic acids is 2. The molecule has 0 amide bonds. The van der Waals surface area contributed by atoms with Crippen LogP contribution in [0.5, 0.6) is 0 Å². The van der Waals surface area contributed by atoms with E-state index in [0.717, 1.165) is 23.0 Å². The molecule has 0 bridgehead atoms. The van der Waals surface area contributed by atoms with Crippen LogP contribution < -0.4 is 5.32 Å². The molecule has 0 saturated heterocycles. The molecule has 1 fully saturated rings. The van der Waals surface area contributed by atoms with Crippen molar-refractivity contribution in [2.75, 3.05) is 13.7 Å². The summed E-state index contributed by atoms with van der Waals surface area (Å²) in [4.78, 5) is 33.5. The SMILES string of the molecule is COC(=O)C1=CNCC2C1CC(OC(=O)c1cnc(C)c3cnccc13)C2C. The molecule has 7 heteroatoms. The molecule has 3 heterocycles. The van der Waals surface area contributed by atoms with Gasteiger partial charge in [-0.15, -0.1) is 0 Å². The smallest absolute Gasteiger partial charge is 0.340 e. The van der Waals surface area contributed by atoms with Gasteiger partial charge in [-0.05, 0) is 31.2 Å². The van der Waals surface area contributed by atoms with E-state index < -0.39 is 5.97 Å². The molecule has 2 aliphatic rings. The highest BCUT2D eigenvalue weighted by Crippen LogP contribution is 2.44. The molecule has 1 saturated carbocycles. The maximum atomic E-state index is 12.9. The van der Waals surface area contributed by atoms with Gasteiger partial charge in [0.15, 0.2) is 0 Å². The first kappa shape index (κ1) is 18.4. The fourth-order valence-corrected chi connectivity index (χ4v) is 4.44. The number of methoxy groups -OCH3 is 1. The van der Waals surface area contributed by atoms with Crippen LogP contribution in [0.4, 0.5) is 0 Å². The summed E-state index contributed by atoms with van der Waals surface area (Å²) < 4.78 is 10.8. The van der Waals surface area contributed by atoms with Gasteiger partial charge in [0.2, 0.25) is 0 Å². The number of hydrogen-bond acceptors (Lipinski definition) is 7. The molecule has 0 radical (unpaired) electrons. The zero-order valence-electron chi connectivity index (χ0n) is 16.1. The van der Waals surface area contributed by atoms with E-state index in [1.54, 1.807) is 30.9 Å². The zero-order valence-corrected chi connectivity index (χ0v) is 16.1. The molecule has 2 aromatic rings. The number of nitrogens with one attached hydrogen (secondary N) is 1. The maximum absolute atomic E-state index is 12.9. The van der Waals surface area contributed by atoms with Crippen LogP contribution in [0.1, 0.15) is 29.4 Å². The van der Waals surface area contributed by atoms with Crippen molar-refractivity contribution in [1.29, 1.82) is 0 Å². The molecular formula is C21H23N3O4. The third-order valence-electron chi connectivity index (χ3n) is 6.06. The molecule has 146 valence electrons. The maximum Gasteiger partial charge on any atom is 0.340 e. The molecular weight excluding hydrogens is 358 g/mol. The lowest BCUT2D eigenvalue weighted by atomic mass is 9.83. The fourth-order valence-electron chi connectivity index (χ4n) is 4.44. The van der Waals surface area contributed by atoms with E-state index in [2.05, 4.69) is 22.2 Å². The van der Waals surface area contributed by atoms with Crippen LogP contribution in [-0.4, -0.2) is 41.7 Å². The number of fused-ring (bicyclic) bond motifs is 2. The number of pyridine rings is 2. The van der Waals surface area contributed by atoms with Gasteiger partial charge >= 0.3 is 11.9 Å². The van der Waals surface area contributed by atoms with E-state index in [1.165, 1.54) is 7.11 Å². The number of esters is 2. The second-order valence-corrected chi connectivity index (χ2v) is 7.49. The van der Waals surface area contributed by atoms with E-state index in [-0.39, 0.29) is 29.8 Å². The summed E-state index contributed by atoms with van der Waals surface area (Å²) in [5, 5.41) is 4.79. The molecule has 7 nitrogen and oxygen atoms in total. The Morgan fingerprint density at radius 2 is 2.04 bits per heavy atom. The molecule has 0 aromatic carbocycles. The van der Waals surface area contributed by atoms with Gasteiger partial charge in [0.25, 0.3) is 0 Å². The number of aromatic nitrogens is 2. The molecule has 1 N–H and O–H groups in total. The summed E-state index contributed by atoms with van der Waals surface area (Å²) in [5.41, 5.74) is 1.88. The van der Waals surface area contributed by atoms with Crippen LogP contribution >= 0.6 is 0 Å².